The molecule has 1 heterocycles. The number of carbonyl (C=O) groups excluding carboxylic acids is 2. The van der Waals surface area contributed by atoms with Crippen molar-refractivity contribution in [2.75, 3.05) is 4.90 Å². The minimum Gasteiger partial charge on any atom is -0.457 e. The highest BCUT2D eigenvalue weighted by molar-refractivity contribution is 6.35. The summed E-state index contributed by atoms with van der Waals surface area (Å²) in [7, 11) is 0. The van der Waals surface area contributed by atoms with Crippen molar-refractivity contribution in [2.45, 2.75) is 0 Å². The second-order valence-electron chi connectivity index (χ2n) is 5.95. The number of carbonyl (C=O) groups is 2. The summed E-state index contributed by atoms with van der Waals surface area (Å²) >= 11 is 5.87. The smallest absolute Gasteiger partial charge is 0.269 e. The maximum atomic E-state index is 13.0. The van der Waals surface area contributed by atoms with E-state index in [0.29, 0.717) is 10.8 Å². The van der Waals surface area contributed by atoms with Crippen LogP contribution in [0, 0.1) is 10.1 Å². The highest BCUT2D eigenvalue weighted by atomic mass is 35.5. The molecule has 0 bridgehead atoms. The monoisotopic (exact) mass is 394 g/mol. The Balaban J connectivity index is 1.70. The largest absolute Gasteiger partial charge is 0.457 e. The number of anilines is 1. The Kier molecular flexibility index (Phi) is 4.29. The molecule has 2 amide bonds. The zero-order valence-corrected chi connectivity index (χ0v) is 14.9. The Labute approximate surface area is 163 Å². The van der Waals surface area contributed by atoms with Crippen LogP contribution in [-0.4, -0.2) is 16.7 Å². The lowest BCUT2D eigenvalue weighted by Gasteiger charge is -2.13. The fraction of sp³-hybridized carbons (Fsp3) is 0. The zero-order valence-electron chi connectivity index (χ0n) is 14.2. The van der Waals surface area contributed by atoms with Gasteiger partial charge < -0.3 is 4.74 Å². The van der Waals surface area contributed by atoms with Crippen molar-refractivity contribution >= 4 is 34.8 Å². The number of hydrogen-bond acceptors (Lipinski definition) is 5. The number of hydrogen-bond donors (Lipinski definition) is 0. The molecule has 3 aromatic rings. The topological polar surface area (TPSA) is 89.8 Å². The fourth-order valence-corrected chi connectivity index (χ4v) is 3.05. The van der Waals surface area contributed by atoms with E-state index in [4.69, 9.17) is 16.3 Å². The molecule has 28 heavy (non-hydrogen) atoms. The molecule has 3 aromatic carbocycles. The van der Waals surface area contributed by atoms with Gasteiger partial charge in [-0.3, -0.25) is 19.7 Å². The molecule has 7 nitrogen and oxygen atoms in total. The first-order chi connectivity index (χ1) is 13.5. The third kappa shape index (κ3) is 2.97. The number of nitro groups is 1. The van der Waals surface area contributed by atoms with Gasteiger partial charge in [0.05, 0.1) is 21.7 Å². The Bertz CT molecular complexity index is 1110. The number of fused-ring (bicyclic) bond motifs is 1. The van der Waals surface area contributed by atoms with Gasteiger partial charge in [0.15, 0.2) is 0 Å². The van der Waals surface area contributed by atoms with E-state index < -0.39 is 16.7 Å². The maximum Gasteiger partial charge on any atom is 0.269 e. The molecule has 0 atom stereocenters. The van der Waals surface area contributed by atoms with Gasteiger partial charge in [-0.15, -0.1) is 0 Å². The van der Waals surface area contributed by atoms with Crippen LogP contribution in [0.5, 0.6) is 11.5 Å². The number of rotatable bonds is 4. The number of nitro benzene ring substituents is 1. The summed E-state index contributed by atoms with van der Waals surface area (Å²) in [6, 6.07) is 16.6. The Morgan fingerprint density at radius 2 is 1.57 bits per heavy atom. The van der Waals surface area contributed by atoms with Gasteiger partial charge in [-0.05, 0) is 48.5 Å². The normalized spacial score (nSPS) is 12.8. The lowest BCUT2D eigenvalue weighted by molar-refractivity contribution is -0.384. The van der Waals surface area contributed by atoms with Gasteiger partial charge in [0.25, 0.3) is 17.5 Å². The minimum atomic E-state index is -0.557. The summed E-state index contributed by atoms with van der Waals surface area (Å²) in [5.74, 6) is -0.372. The number of benzene rings is 3. The predicted octanol–water partition coefficient (Wildman–Crippen LogP) is 4.84. The molecule has 0 saturated heterocycles. The van der Waals surface area contributed by atoms with Crippen molar-refractivity contribution in [3.8, 4) is 11.5 Å². The van der Waals surface area contributed by atoms with Gasteiger partial charge in [0, 0.05) is 17.2 Å². The van der Waals surface area contributed by atoms with Crippen LogP contribution >= 0.6 is 11.6 Å². The van der Waals surface area contributed by atoms with Gasteiger partial charge >= 0.3 is 0 Å². The van der Waals surface area contributed by atoms with Crippen LogP contribution < -0.4 is 9.64 Å². The Hall–Kier alpha value is -3.71. The third-order valence-corrected chi connectivity index (χ3v) is 4.49. The van der Waals surface area contributed by atoms with E-state index in [-0.39, 0.29) is 28.3 Å². The van der Waals surface area contributed by atoms with E-state index in [1.807, 2.05) is 0 Å². The first-order valence-corrected chi connectivity index (χ1v) is 8.53. The van der Waals surface area contributed by atoms with E-state index in [2.05, 4.69) is 0 Å². The van der Waals surface area contributed by atoms with Crippen molar-refractivity contribution in [1.82, 2.24) is 0 Å². The van der Waals surface area contributed by atoms with E-state index in [9.17, 15) is 19.7 Å². The third-order valence-electron chi connectivity index (χ3n) is 4.24. The van der Waals surface area contributed by atoms with Gasteiger partial charge in [0.1, 0.15) is 11.5 Å². The molecule has 0 N–H and O–H groups in total. The van der Waals surface area contributed by atoms with Crippen molar-refractivity contribution < 1.29 is 19.2 Å². The van der Waals surface area contributed by atoms with E-state index >= 15 is 0 Å². The molecule has 0 unspecified atom stereocenters. The molecule has 1 aliphatic rings. The van der Waals surface area contributed by atoms with Crippen molar-refractivity contribution in [2.24, 2.45) is 0 Å². The highest BCUT2D eigenvalue weighted by Crippen LogP contribution is 2.36. The molecule has 0 saturated carbocycles. The first kappa shape index (κ1) is 17.7. The maximum absolute atomic E-state index is 13.0. The molecular weight excluding hydrogens is 384 g/mol. The van der Waals surface area contributed by atoms with Crippen LogP contribution in [-0.2, 0) is 0 Å². The van der Waals surface area contributed by atoms with E-state index in [1.54, 1.807) is 36.4 Å². The summed E-state index contributed by atoms with van der Waals surface area (Å²) in [6.45, 7) is 0. The lowest BCUT2D eigenvalue weighted by Crippen LogP contribution is -2.29. The molecule has 1 aliphatic heterocycles. The van der Waals surface area contributed by atoms with Crippen molar-refractivity contribution in [3.05, 3.63) is 93.0 Å². The molecule has 0 spiro atoms. The molecule has 8 heteroatoms. The quantitative estimate of drug-likeness (QED) is 0.359. The Morgan fingerprint density at radius 1 is 0.893 bits per heavy atom. The first-order valence-electron chi connectivity index (χ1n) is 8.15. The summed E-state index contributed by atoms with van der Waals surface area (Å²) in [4.78, 5) is 37.0. The summed E-state index contributed by atoms with van der Waals surface area (Å²) < 4.78 is 5.78. The van der Waals surface area contributed by atoms with E-state index in [1.165, 1.54) is 30.3 Å². The highest BCUT2D eigenvalue weighted by Gasteiger charge is 2.39. The van der Waals surface area contributed by atoms with Crippen molar-refractivity contribution in [1.29, 1.82) is 0 Å². The van der Waals surface area contributed by atoms with Crippen molar-refractivity contribution in [3.63, 3.8) is 0 Å². The number of halogens is 1. The molecule has 0 aliphatic carbocycles. The summed E-state index contributed by atoms with van der Waals surface area (Å²) in [6.07, 6.45) is 0. The Morgan fingerprint density at radius 3 is 2.21 bits per heavy atom. The predicted molar refractivity (Wildman–Crippen MR) is 102 cm³/mol. The van der Waals surface area contributed by atoms with Crippen LogP contribution in [0.2, 0.25) is 5.02 Å². The number of imide groups is 1. The summed E-state index contributed by atoms with van der Waals surface area (Å²) in [5.41, 5.74) is 0.456. The lowest BCUT2D eigenvalue weighted by atomic mass is 10.1. The average Bonchev–Trinajstić information content (AvgIpc) is 2.95. The number of amides is 2. The minimum absolute atomic E-state index is 0.132. The average molecular weight is 395 g/mol. The second kappa shape index (κ2) is 6.79. The fourth-order valence-electron chi connectivity index (χ4n) is 2.93. The standard InChI is InChI=1S/C20H11ClN2O5/c21-12-4-10-15(11-5-12)28-17-3-1-2-16-18(17)20(25)22(19(16)24)13-6-8-14(9-7-13)23(26)27/h1-11H. The SMILES string of the molecule is O=C1c2cccc(Oc3ccc(Cl)cc3)c2C(=O)N1c1ccc([N+](=O)[O-])cc1. The van der Waals surface area contributed by atoms with Crippen LogP contribution in [0.4, 0.5) is 11.4 Å². The number of non-ortho nitro benzene ring substituents is 1. The van der Waals surface area contributed by atoms with Crippen LogP contribution in [0.15, 0.2) is 66.7 Å². The van der Waals surface area contributed by atoms with Crippen LogP contribution in [0.1, 0.15) is 20.7 Å². The zero-order chi connectivity index (χ0) is 19.8. The second-order valence-corrected chi connectivity index (χ2v) is 6.39. The molecule has 0 aromatic heterocycles. The molecule has 4 rings (SSSR count). The van der Waals surface area contributed by atoms with Crippen LogP contribution in [0.25, 0.3) is 0 Å². The van der Waals surface area contributed by atoms with Gasteiger partial charge in [0.2, 0.25) is 0 Å². The summed E-state index contributed by atoms with van der Waals surface area (Å²) in [5, 5.41) is 11.4. The molecule has 0 fully saturated rings. The van der Waals surface area contributed by atoms with Gasteiger partial charge in [-0.1, -0.05) is 17.7 Å². The number of ether oxygens (including phenoxy) is 1. The van der Waals surface area contributed by atoms with Crippen LogP contribution in [0.3, 0.4) is 0 Å². The van der Waals surface area contributed by atoms with Gasteiger partial charge in [-0.25, -0.2) is 4.90 Å². The number of nitrogens with zero attached hydrogens (tertiary/aromatic N) is 2. The molecule has 138 valence electrons. The molecule has 0 radical (unpaired) electrons. The van der Waals surface area contributed by atoms with Gasteiger partial charge in [-0.2, -0.15) is 0 Å². The molecular formula is C20H11ClN2O5. The van der Waals surface area contributed by atoms with E-state index in [0.717, 1.165) is 4.90 Å².